The fourth-order valence-electron chi connectivity index (χ4n) is 2.39. The van der Waals surface area contributed by atoms with Gasteiger partial charge >= 0.3 is 0 Å². The molecule has 0 aromatic heterocycles. The van der Waals surface area contributed by atoms with Crippen molar-refractivity contribution in [2.45, 2.75) is 36.0 Å². The molecule has 0 radical (unpaired) electrons. The number of sulfonamides is 2. The third-order valence-corrected chi connectivity index (χ3v) is 7.52. The molecule has 0 heterocycles. The van der Waals surface area contributed by atoms with Crippen LogP contribution in [0.15, 0.2) is 58.3 Å². The highest BCUT2D eigenvalue weighted by Crippen LogP contribution is 2.26. The number of nitrogens with one attached hydrogen (secondary N) is 1. The average molecular weight is 397 g/mol. The Labute approximate surface area is 156 Å². The van der Waals surface area contributed by atoms with Gasteiger partial charge < -0.3 is 0 Å². The van der Waals surface area contributed by atoms with Crippen molar-refractivity contribution in [1.82, 2.24) is 4.31 Å². The molecule has 1 atom stereocenters. The number of rotatable bonds is 7. The predicted molar refractivity (Wildman–Crippen MR) is 103 cm³/mol. The second-order valence-corrected chi connectivity index (χ2v) is 10.1. The van der Waals surface area contributed by atoms with Crippen molar-refractivity contribution >= 4 is 25.7 Å². The van der Waals surface area contributed by atoms with Crippen LogP contribution in [-0.2, 0) is 20.0 Å². The topological polar surface area (TPSA) is 83.5 Å². The Kier molecular flexibility index (Phi) is 6.10. The minimum Gasteiger partial charge on any atom is -0.278 e. The van der Waals surface area contributed by atoms with E-state index in [0.29, 0.717) is 5.92 Å². The molecule has 142 valence electrons. The van der Waals surface area contributed by atoms with Gasteiger partial charge in [0.15, 0.2) is 0 Å². The molecule has 0 bridgehead atoms. The van der Waals surface area contributed by atoms with E-state index in [4.69, 9.17) is 0 Å². The standard InChI is InChI=1S/C18H24N2O4S2/c1-5-14(2)15-10-12-16(13-11-15)25(21,22)19-17-8-6-7-9-18(17)26(23,24)20(3)4/h6-14,19H,5H2,1-4H3/t14-/m0/s1. The molecule has 8 heteroatoms. The molecule has 26 heavy (non-hydrogen) atoms. The zero-order chi connectivity index (χ0) is 19.5. The summed E-state index contributed by atoms with van der Waals surface area (Å²) < 4.78 is 53.6. The van der Waals surface area contributed by atoms with Gasteiger partial charge in [0.25, 0.3) is 10.0 Å². The van der Waals surface area contributed by atoms with Crippen LogP contribution in [0.2, 0.25) is 0 Å². The molecule has 0 saturated heterocycles. The molecule has 1 N–H and O–H groups in total. The first kappa shape index (κ1) is 20.4. The molecule has 0 aliphatic carbocycles. The quantitative estimate of drug-likeness (QED) is 0.779. The smallest absolute Gasteiger partial charge is 0.261 e. The largest absolute Gasteiger partial charge is 0.278 e. The van der Waals surface area contributed by atoms with E-state index in [9.17, 15) is 16.8 Å². The Morgan fingerprint density at radius 3 is 2.08 bits per heavy atom. The van der Waals surface area contributed by atoms with E-state index in [0.717, 1.165) is 16.3 Å². The molecule has 2 aromatic carbocycles. The van der Waals surface area contributed by atoms with E-state index in [-0.39, 0.29) is 15.5 Å². The third-order valence-electron chi connectivity index (χ3n) is 4.26. The lowest BCUT2D eigenvalue weighted by atomic mass is 9.99. The van der Waals surface area contributed by atoms with Crippen molar-refractivity contribution in [3.05, 3.63) is 54.1 Å². The second-order valence-electron chi connectivity index (χ2n) is 6.27. The van der Waals surface area contributed by atoms with E-state index in [1.54, 1.807) is 24.3 Å². The van der Waals surface area contributed by atoms with Crippen LogP contribution >= 0.6 is 0 Å². The van der Waals surface area contributed by atoms with Crippen molar-refractivity contribution in [3.8, 4) is 0 Å². The van der Waals surface area contributed by atoms with Gasteiger partial charge in [-0.1, -0.05) is 38.1 Å². The maximum Gasteiger partial charge on any atom is 0.261 e. The molecule has 0 saturated carbocycles. The number of hydrogen-bond donors (Lipinski definition) is 1. The first-order valence-corrected chi connectivity index (χ1v) is 11.2. The maximum atomic E-state index is 12.7. The van der Waals surface area contributed by atoms with E-state index in [1.807, 2.05) is 0 Å². The van der Waals surface area contributed by atoms with Crippen LogP contribution in [0.25, 0.3) is 0 Å². The molecule has 0 aliphatic heterocycles. The molecular formula is C18H24N2O4S2. The number of benzene rings is 2. The summed E-state index contributed by atoms with van der Waals surface area (Å²) in [5.41, 5.74) is 1.08. The number of anilines is 1. The van der Waals surface area contributed by atoms with Gasteiger partial charge in [0.2, 0.25) is 10.0 Å². The highest BCUT2D eigenvalue weighted by molar-refractivity contribution is 7.93. The van der Waals surface area contributed by atoms with Gasteiger partial charge in [0.1, 0.15) is 4.90 Å². The Bertz CT molecular complexity index is 967. The van der Waals surface area contributed by atoms with Gasteiger partial charge in [0.05, 0.1) is 10.6 Å². The minimum atomic E-state index is -3.90. The fraction of sp³-hybridized carbons (Fsp3) is 0.333. The molecular weight excluding hydrogens is 372 g/mol. The van der Waals surface area contributed by atoms with Crippen LogP contribution in [-0.4, -0.2) is 35.2 Å². The summed E-state index contributed by atoms with van der Waals surface area (Å²) in [7, 11) is -4.89. The monoisotopic (exact) mass is 396 g/mol. The molecule has 6 nitrogen and oxygen atoms in total. The Morgan fingerprint density at radius 2 is 1.54 bits per heavy atom. The lowest BCUT2D eigenvalue weighted by Gasteiger charge is -2.16. The summed E-state index contributed by atoms with van der Waals surface area (Å²) in [4.78, 5) is -0.00796. The SMILES string of the molecule is CC[C@H](C)c1ccc(S(=O)(=O)Nc2ccccc2S(=O)(=O)N(C)C)cc1. The van der Waals surface area contributed by atoms with E-state index in [2.05, 4.69) is 18.6 Å². The third kappa shape index (κ3) is 4.25. The van der Waals surface area contributed by atoms with Crippen molar-refractivity contribution in [2.24, 2.45) is 0 Å². The van der Waals surface area contributed by atoms with Crippen LogP contribution in [0, 0.1) is 0 Å². The molecule has 2 aromatic rings. The van der Waals surface area contributed by atoms with Gasteiger partial charge in [-0.3, -0.25) is 4.72 Å². The van der Waals surface area contributed by atoms with Crippen LogP contribution in [0.3, 0.4) is 0 Å². The normalized spacial score (nSPS) is 13.6. The Hall–Kier alpha value is -1.90. The van der Waals surface area contributed by atoms with Crippen molar-refractivity contribution in [1.29, 1.82) is 0 Å². The summed E-state index contributed by atoms with van der Waals surface area (Å²) in [5.74, 6) is 0.339. The van der Waals surface area contributed by atoms with Gasteiger partial charge in [-0.25, -0.2) is 21.1 Å². The lowest BCUT2D eigenvalue weighted by molar-refractivity contribution is 0.521. The van der Waals surface area contributed by atoms with Gasteiger partial charge in [-0.15, -0.1) is 0 Å². The Balaban J connectivity index is 2.39. The van der Waals surface area contributed by atoms with Crippen molar-refractivity contribution < 1.29 is 16.8 Å². The zero-order valence-electron chi connectivity index (χ0n) is 15.3. The molecule has 0 amide bonds. The average Bonchev–Trinajstić information content (AvgIpc) is 2.61. The van der Waals surface area contributed by atoms with Gasteiger partial charge in [0, 0.05) is 14.1 Å². The molecule has 0 spiro atoms. The molecule has 2 rings (SSSR count). The molecule has 0 fully saturated rings. The summed E-state index contributed by atoms with van der Waals surface area (Å²) in [6.45, 7) is 4.14. The zero-order valence-corrected chi connectivity index (χ0v) is 16.9. The van der Waals surface area contributed by atoms with Crippen molar-refractivity contribution in [3.63, 3.8) is 0 Å². The summed E-state index contributed by atoms with van der Waals surface area (Å²) in [6, 6.07) is 12.6. The minimum absolute atomic E-state index is 0.0206. The van der Waals surface area contributed by atoms with Crippen LogP contribution in [0.1, 0.15) is 31.7 Å². The molecule has 0 aliphatic rings. The highest BCUT2D eigenvalue weighted by atomic mass is 32.2. The lowest BCUT2D eigenvalue weighted by Crippen LogP contribution is -2.24. The first-order valence-electron chi connectivity index (χ1n) is 8.24. The van der Waals surface area contributed by atoms with E-state index in [1.165, 1.54) is 38.4 Å². The van der Waals surface area contributed by atoms with Gasteiger partial charge in [-0.05, 0) is 42.2 Å². The summed E-state index contributed by atoms with van der Waals surface area (Å²) >= 11 is 0. The second kappa shape index (κ2) is 7.77. The van der Waals surface area contributed by atoms with Crippen LogP contribution in [0.4, 0.5) is 5.69 Å². The van der Waals surface area contributed by atoms with E-state index >= 15 is 0 Å². The Morgan fingerprint density at radius 1 is 0.962 bits per heavy atom. The predicted octanol–water partition coefficient (Wildman–Crippen LogP) is 3.25. The molecule has 0 unspecified atom stereocenters. The van der Waals surface area contributed by atoms with E-state index < -0.39 is 20.0 Å². The summed E-state index contributed by atoms with van der Waals surface area (Å²) in [6.07, 6.45) is 0.958. The highest BCUT2D eigenvalue weighted by Gasteiger charge is 2.24. The first-order chi connectivity index (χ1) is 12.1. The fourth-order valence-corrected chi connectivity index (χ4v) is 4.57. The van der Waals surface area contributed by atoms with Gasteiger partial charge in [-0.2, -0.15) is 0 Å². The van der Waals surface area contributed by atoms with Crippen LogP contribution < -0.4 is 4.72 Å². The maximum absolute atomic E-state index is 12.7. The van der Waals surface area contributed by atoms with Crippen molar-refractivity contribution in [2.75, 3.05) is 18.8 Å². The number of para-hydroxylation sites is 1. The number of nitrogens with zero attached hydrogens (tertiary/aromatic N) is 1. The number of hydrogen-bond acceptors (Lipinski definition) is 4. The summed E-state index contributed by atoms with van der Waals surface area (Å²) in [5, 5.41) is 0. The van der Waals surface area contributed by atoms with Crippen LogP contribution in [0.5, 0.6) is 0 Å².